The van der Waals surface area contributed by atoms with Crippen LogP contribution in [0.15, 0.2) is 30.6 Å². The quantitative estimate of drug-likeness (QED) is 0.612. The predicted molar refractivity (Wildman–Crippen MR) is 101 cm³/mol. The van der Waals surface area contributed by atoms with Crippen molar-refractivity contribution in [2.45, 2.75) is 45.7 Å². The van der Waals surface area contributed by atoms with E-state index < -0.39 is 0 Å². The number of rotatable bonds is 4. The molecule has 0 unspecified atom stereocenters. The van der Waals surface area contributed by atoms with Crippen molar-refractivity contribution < 1.29 is 0 Å². The first-order valence-corrected chi connectivity index (χ1v) is 9.18. The summed E-state index contributed by atoms with van der Waals surface area (Å²) in [6.07, 6.45) is 7.53. The molecule has 1 fully saturated rings. The van der Waals surface area contributed by atoms with Gasteiger partial charge in [-0.05, 0) is 51.3 Å². The fourth-order valence-electron chi connectivity index (χ4n) is 3.56. The van der Waals surface area contributed by atoms with E-state index in [1.165, 1.54) is 19.3 Å². The lowest BCUT2D eigenvalue weighted by atomic mass is 9.93. The van der Waals surface area contributed by atoms with Gasteiger partial charge in [0.1, 0.15) is 11.3 Å². The van der Waals surface area contributed by atoms with Crippen molar-refractivity contribution in [3.63, 3.8) is 0 Å². The van der Waals surface area contributed by atoms with Gasteiger partial charge in [0.15, 0.2) is 5.65 Å². The van der Waals surface area contributed by atoms with E-state index in [0.29, 0.717) is 12.0 Å². The topological polar surface area (TPSA) is 72.9 Å². The highest BCUT2D eigenvalue weighted by molar-refractivity contribution is 5.82. The molecule has 26 heavy (non-hydrogen) atoms. The van der Waals surface area contributed by atoms with Crippen LogP contribution < -0.4 is 5.32 Å². The molecule has 0 saturated heterocycles. The maximum Gasteiger partial charge on any atom is 0.241 e. The van der Waals surface area contributed by atoms with Crippen LogP contribution in [-0.4, -0.2) is 35.2 Å². The summed E-state index contributed by atoms with van der Waals surface area (Å²) in [6.45, 7) is 4.98. The summed E-state index contributed by atoms with van der Waals surface area (Å²) < 4.78 is 4.01. The van der Waals surface area contributed by atoms with Crippen LogP contribution in [0, 0.1) is 6.92 Å². The molecule has 0 radical (unpaired) electrons. The molecule has 4 aromatic heterocycles. The Balaban J connectivity index is 1.56. The smallest absolute Gasteiger partial charge is 0.241 e. The minimum Gasteiger partial charge on any atom is -0.350 e. The Labute approximate surface area is 151 Å². The molecular formula is C19H21N7. The average Bonchev–Trinajstić information content (AvgIpc) is 3.16. The highest BCUT2D eigenvalue weighted by Gasteiger charge is 2.18. The molecular weight excluding hydrogens is 326 g/mol. The Morgan fingerprint density at radius 2 is 2.08 bits per heavy atom. The van der Waals surface area contributed by atoms with E-state index in [1.807, 2.05) is 42.0 Å². The van der Waals surface area contributed by atoms with Crippen molar-refractivity contribution in [1.29, 1.82) is 0 Å². The third-order valence-corrected chi connectivity index (χ3v) is 5.23. The monoisotopic (exact) mass is 347 g/mol. The molecule has 1 saturated carbocycles. The SMILES string of the molecule is CCn1c(C)nc2ccc(-c3ccn4nc(NC5CCC5)ncc34)nc21. The van der Waals surface area contributed by atoms with Crippen molar-refractivity contribution in [3.8, 4) is 11.3 Å². The van der Waals surface area contributed by atoms with Crippen molar-refractivity contribution in [2.75, 3.05) is 5.32 Å². The zero-order valence-corrected chi connectivity index (χ0v) is 15.0. The van der Waals surface area contributed by atoms with Gasteiger partial charge >= 0.3 is 0 Å². The molecule has 1 aliphatic carbocycles. The van der Waals surface area contributed by atoms with Gasteiger partial charge in [-0.1, -0.05) is 0 Å². The van der Waals surface area contributed by atoms with Gasteiger partial charge in [0.05, 0.1) is 17.4 Å². The number of aromatic nitrogens is 6. The first kappa shape index (κ1) is 15.3. The van der Waals surface area contributed by atoms with Gasteiger partial charge in [-0.3, -0.25) is 0 Å². The van der Waals surface area contributed by atoms with Gasteiger partial charge in [-0.25, -0.2) is 19.5 Å². The van der Waals surface area contributed by atoms with Crippen LogP contribution in [0.3, 0.4) is 0 Å². The van der Waals surface area contributed by atoms with Crippen LogP contribution in [-0.2, 0) is 6.54 Å². The second-order valence-electron chi connectivity index (χ2n) is 6.86. The lowest BCUT2D eigenvalue weighted by molar-refractivity contribution is 0.442. The van der Waals surface area contributed by atoms with Crippen LogP contribution in [0.1, 0.15) is 32.0 Å². The summed E-state index contributed by atoms with van der Waals surface area (Å²) in [5.41, 5.74) is 4.75. The Morgan fingerprint density at radius 1 is 1.19 bits per heavy atom. The van der Waals surface area contributed by atoms with Gasteiger partial charge in [0.2, 0.25) is 5.95 Å². The van der Waals surface area contributed by atoms with E-state index in [9.17, 15) is 0 Å². The summed E-state index contributed by atoms with van der Waals surface area (Å²) in [5, 5.41) is 7.98. The largest absolute Gasteiger partial charge is 0.350 e. The molecule has 4 aromatic rings. The zero-order valence-electron chi connectivity index (χ0n) is 15.0. The van der Waals surface area contributed by atoms with Gasteiger partial charge in [-0.2, -0.15) is 0 Å². The van der Waals surface area contributed by atoms with Gasteiger partial charge in [-0.15, -0.1) is 5.10 Å². The van der Waals surface area contributed by atoms with Crippen molar-refractivity contribution in [3.05, 3.63) is 36.4 Å². The van der Waals surface area contributed by atoms with E-state index in [1.54, 1.807) is 0 Å². The first-order valence-electron chi connectivity index (χ1n) is 9.18. The van der Waals surface area contributed by atoms with E-state index in [-0.39, 0.29) is 0 Å². The number of hydrogen-bond acceptors (Lipinski definition) is 5. The molecule has 0 aliphatic heterocycles. The Morgan fingerprint density at radius 3 is 2.85 bits per heavy atom. The highest BCUT2D eigenvalue weighted by atomic mass is 15.3. The first-order chi connectivity index (χ1) is 12.7. The maximum atomic E-state index is 4.87. The number of nitrogens with one attached hydrogen (secondary N) is 1. The number of pyridine rings is 1. The van der Waals surface area contributed by atoms with Crippen LogP contribution in [0.25, 0.3) is 27.9 Å². The normalized spacial score (nSPS) is 14.8. The van der Waals surface area contributed by atoms with Crippen molar-refractivity contribution in [1.82, 2.24) is 29.1 Å². The third-order valence-electron chi connectivity index (χ3n) is 5.23. The van der Waals surface area contributed by atoms with E-state index in [0.717, 1.165) is 40.3 Å². The lowest BCUT2D eigenvalue weighted by Crippen LogP contribution is -2.28. The molecule has 4 heterocycles. The average molecular weight is 347 g/mol. The van der Waals surface area contributed by atoms with E-state index >= 15 is 0 Å². The molecule has 1 N–H and O–H groups in total. The molecule has 0 spiro atoms. The van der Waals surface area contributed by atoms with Crippen LogP contribution in [0.2, 0.25) is 0 Å². The predicted octanol–water partition coefficient (Wildman–Crippen LogP) is 3.43. The second-order valence-corrected chi connectivity index (χ2v) is 6.86. The van der Waals surface area contributed by atoms with E-state index in [2.05, 4.69) is 31.9 Å². The number of fused-ring (bicyclic) bond motifs is 2. The number of aryl methyl sites for hydroxylation is 2. The Hall–Kier alpha value is -2.96. The van der Waals surface area contributed by atoms with E-state index in [4.69, 9.17) is 4.98 Å². The summed E-state index contributed by atoms with van der Waals surface area (Å²) in [6, 6.07) is 6.62. The number of anilines is 1. The molecule has 1 aliphatic rings. The van der Waals surface area contributed by atoms with Crippen molar-refractivity contribution in [2.24, 2.45) is 0 Å². The minimum atomic E-state index is 0.518. The summed E-state index contributed by atoms with van der Waals surface area (Å²) in [5.74, 6) is 1.68. The lowest BCUT2D eigenvalue weighted by Gasteiger charge is -2.26. The zero-order chi connectivity index (χ0) is 17.7. The van der Waals surface area contributed by atoms with Gasteiger partial charge < -0.3 is 9.88 Å². The number of hydrogen-bond donors (Lipinski definition) is 1. The summed E-state index contributed by atoms with van der Waals surface area (Å²) in [7, 11) is 0. The standard InChI is InChI=1S/C19H21N7/c1-3-25-12(2)21-16-8-7-15(23-18(16)25)14-9-10-26-17(14)11-20-19(24-26)22-13-5-4-6-13/h7-11,13H,3-6H2,1-2H3,(H,22,24). The maximum absolute atomic E-state index is 4.87. The number of nitrogens with zero attached hydrogens (tertiary/aromatic N) is 6. The molecule has 7 heteroatoms. The molecule has 7 nitrogen and oxygen atoms in total. The molecule has 0 aromatic carbocycles. The Bertz CT molecular complexity index is 1100. The van der Waals surface area contributed by atoms with Crippen LogP contribution >= 0.6 is 0 Å². The molecule has 5 rings (SSSR count). The minimum absolute atomic E-state index is 0.518. The van der Waals surface area contributed by atoms with Gasteiger partial charge in [0, 0.05) is 24.3 Å². The molecule has 0 amide bonds. The molecule has 0 bridgehead atoms. The summed E-state index contributed by atoms with van der Waals surface area (Å²) >= 11 is 0. The third kappa shape index (κ3) is 2.34. The highest BCUT2D eigenvalue weighted by Crippen LogP contribution is 2.27. The molecule has 0 atom stereocenters. The van der Waals surface area contributed by atoms with Gasteiger partial charge in [0.25, 0.3) is 0 Å². The summed E-state index contributed by atoms with van der Waals surface area (Å²) in [4.78, 5) is 14.0. The number of imidazole rings is 1. The fourth-order valence-corrected chi connectivity index (χ4v) is 3.56. The van der Waals surface area contributed by atoms with Crippen LogP contribution in [0.4, 0.5) is 5.95 Å². The molecule has 132 valence electrons. The second kappa shape index (κ2) is 5.79. The van der Waals surface area contributed by atoms with Crippen molar-refractivity contribution >= 4 is 22.6 Å². The Kier molecular flexibility index (Phi) is 3.41. The fraction of sp³-hybridized carbons (Fsp3) is 0.368. The van der Waals surface area contributed by atoms with Crippen LogP contribution in [0.5, 0.6) is 0 Å².